The van der Waals surface area contributed by atoms with Gasteiger partial charge in [-0.1, -0.05) is 18.1 Å². The Morgan fingerprint density at radius 1 is 1.22 bits per heavy atom. The van der Waals surface area contributed by atoms with Crippen molar-refractivity contribution in [1.82, 2.24) is 0 Å². The molecule has 0 N–H and O–H groups in total. The van der Waals surface area contributed by atoms with Gasteiger partial charge in [-0.2, -0.15) is 11.8 Å². The van der Waals surface area contributed by atoms with Crippen molar-refractivity contribution in [1.29, 1.82) is 0 Å². The summed E-state index contributed by atoms with van der Waals surface area (Å²) in [5, 5.41) is 0. The minimum absolute atomic E-state index is 1.19. The summed E-state index contributed by atoms with van der Waals surface area (Å²) >= 11 is 1.90. The Morgan fingerprint density at radius 2 is 1.78 bits per heavy atom. The van der Waals surface area contributed by atoms with Crippen LogP contribution in [-0.2, 0) is 0 Å². The van der Waals surface area contributed by atoms with Crippen LogP contribution in [0.4, 0.5) is 0 Å². The molecule has 0 aliphatic heterocycles. The Morgan fingerprint density at radius 3 is 2.11 bits per heavy atom. The SMILES string of the molecule is CC/C(C)=C(/C)CSC. The van der Waals surface area contributed by atoms with Crippen molar-refractivity contribution in [3.8, 4) is 0 Å². The smallest absolute Gasteiger partial charge is 0.0140 e. The Kier molecular flexibility index (Phi) is 4.97. The van der Waals surface area contributed by atoms with Gasteiger partial charge in [-0.25, -0.2) is 0 Å². The predicted molar refractivity (Wildman–Crippen MR) is 47.0 cm³/mol. The van der Waals surface area contributed by atoms with Gasteiger partial charge in [0.15, 0.2) is 0 Å². The van der Waals surface area contributed by atoms with Gasteiger partial charge in [0.2, 0.25) is 0 Å². The van der Waals surface area contributed by atoms with Crippen molar-refractivity contribution in [2.45, 2.75) is 27.2 Å². The van der Waals surface area contributed by atoms with E-state index in [1.807, 2.05) is 11.8 Å². The van der Waals surface area contributed by atoms with E-state index in [1.165, 1.54) is 12.2 Å². The topological polar surface area (TPSA) is 0 Å². The molecule has 0 fully saturated rings. The largest absolute Gasteiger partial charge is 0.161 e. The van der Waals surface area contributed by atoms with Gasteiger partial charge in [0.25, 0.3) is 0 Å². The maximum Gasteiger partial charge on any atom is 0.0140 e. The molecule has 0 bridgehead atoms. The molecule has 0 aromatic carbocycles. The second kappa shape index (κ2) is 4.92. The van der Waals surface area contributed by atoms with Crippen molar-refractivity contribution in [2.75, 3.05) is 12.0 Å². The number of allylic oxidation sites excluding steroid dienone is 1. The monoisotopic (exact) mass is 144 g/mol. The van der Waals surface area contributed by atoms with Crippen LogP contribution in [0.2, 0.25) is 0 Å². The zero-order valence-electron chi connectivity index (χ0n) is 6.82. The molecule has 0 radical (unpaired) electrons. The van der Waals surface area contributed by atoms with E-state index >= 15 is 0 Å². The van der Waals surface area contributed by atoms with E-state index in [0.717, 1.165) is 0 Å². The van der Waals surface area contributed by atoms with Crippen LogP contribution in [0.25, 0.3) is 0 Å². The summed E-state index contributed by atoms with van der Waals surface area (Å²) in [6.07, 6.45) is 3.35. The number of hydrogen-bond acceptors (Lipinski definition) is 1. The summed E-state index contributed by atoms with van der Waals surface area (Å²) in [6.45, 7) is 6.64. The Balaban J connectivity index is 3.78. The Labute approximate surface area is 62.7 Å². The molecule has 0 spiro atoms. The lowest BCUT2D eigenvalue weighted by Crippen LogP contribution is -1.85. The lowest BCUT2D eigenvalue weighted by Gasteiger charge is -2.01. The molecule has 0 atom stereocenters. The van der Waals surface area contributed by atoms with Crippen LogP contribution in [0.5, 0.6) is 0 Å². The zero-order valence-corrected chi connectivity index (χ0v) is 7.64. The molecule has 0 aromatic rings. The third-order valence-electron chi connectivity index (χ3n) is 1.62. The molecule has 0 amide bonds. The van der Waals surface area contributed by atoms with Crippen LogP contribution >= 0.6 is 11.8 Å². The van der Waals surface area contributed by atoms with Crippen LogP contribution in [0, 0.1) is 0 Å². The van der Waals surface area contributed by atoms with Crippen molar-refractivity contribution in [3.05, 3.63) is 11.1 Å². The third kappa shape index (κ3) is 3.63. The summed E-state index contributed by atoms with van der Waals surface area (Å²) in [4.78, 5) is 0. The molecule has 0 rings (SSSR count). The molecule has 1 heteroatoms. The highest BCUT2D eigenvalue weighted by Crippen LogP contribution is 2.10. The van der Waals surface area contributed by atoms with Gasteiger partial charge in [-0.3, -0.25) is 0 Å². The molecule has 0 aliphatic carbocycles. The van der Waals surface area contributed by atoms with Crippen molar-refractivity contribution < 1.29 is 0 Å². The van der Waals surface area contributed by atoms with Crippen molar-refractivity contribution >= 4 is 11.8 Å². The minimum Gasteiger partial charge on any atom is -0.161 e. The average molecular weight is 144 g/mol. The third-order valence-corrected chi connectivity index (χ3v) is 2.34. The molecule has 0 aromatic heterocycles. The molecule has 0 nitrogen and oxygen atoms in total. The number of rotatable bonds is 3. The molecule has 0 heterocycles. The molecular formula is C8H16S. The van der Waals surface area contributed by atoms with Gasteiger partial charge >= 0.3 is 0 Å². The molecule has 0 aliphatic rings. The second-order valence-electron chi connectivity index (χ2n) is 2.35. The van der Waals surface area contributed by atoms with Crippen molar-refractivity contribution in [3.63, 3.8) is 0 Å². The fourth-order valence-corrected chi connectivity index (χ4v) is 1.32. The highest BCUT2D eigenvalue weighted by molar-refractivity contribution is 7.98. The van der Waals surface area contributed by atoms with E-state index in [9.17, 15) is 0 Å². The number of thioether (sulfide) groups is 1. The standard InChI is InChI=1S/C8H16S/c1-5-7(2)8(3)6-9-4/h5-6H2,1-4H3/b8-7-. The summed E-state index contributed by atoms with van der Waals surface area (Å²) in [5.74, 6) is 1.19. The normalized spacial score (nSPS) is 13.3. The molecule has 0 saturated carbocycles. The molecular weight excluding hydrogens is 128 g/mol. The van der Waals surface area contributed by atoms with Gasteiger partial charge in [-0.05, 0) is 26.5 Å². The van der Waals surface area contributed by atoms with E-state index in [0.29, 0.717) is 0 Å². The van der Waals surface area contributed by atoms with Gasteiger partial charge in [0.05, 0.1) is 0 Å². The van der Waals surface area contributed by atoms with Gasteiger partial charge in [0, 0.05) is 5.75 Å². The Bertz CT molecular complexity index is 103. The average Bonchev–Trinajstić information content (AvgIpc) is 1.87. The van der Waals surface area contributed by atoms with E-state index in [1.54, 1.807) is 11.1 Å². The lowest BCUT2D eigenvalue weighted by molar-refractivity contribution is 1.06. The second-order valence-corrected chi connectivity index (χ2v) is 3.21. The summed E-state index contributed by atoms with van der Waals surface area (Å²) in [7, 11) is 0. The molecule has 0 saturated heterocycles. The Hall–Kier alpha value is 0.0900. The summed E-state index contributed by atoms with van der Waals surface area (Å²) in [6, 6.07) is 0. The van der Waals surface area contributed by atoms with E-state index in [4.69, 9.17) is 0 Å². The molecule has 0 unspecified atom stereocenters. The van der Waals surface area contributed by atoms with Crippen LogP contribution in [0.1, 0.15) is 27.2 Å². The minimum atomic E-state index is 1.19. The van der Waals surface area contributed by atoms with Crippen LogP contribution in [-0.4, -0.2) is 12.0 Å². The quantitative estimate of drug-likeness (QED) is 0.548. The van der Waals surface area contributed by atoms with Crippen LogP contribution in [0.15, 0.2) is 11.1 Å². The van der Waals surface area contributed by atoms with Crippen LogP contribution < -0.4 is 0 Å². The summed E-state index contributed by atoms with van der Waals surface area (Å²) < 4.78 is 0. The van der Waals surface area contributed by atoms with E-state index in [2.05, 4.69) is 27.0 Å². The first-order valence-corrected chi connectivity index (χ1v) is 4.75. The van der Waals surface area contributed by atoms with Crippen molar-refractivity contribution in [2.24, 2.45) is 0 Å². The first kappa shape index (κ1) is 9.09. The van der Waals surface area contributed by atoms with Gasteiger partial charge in [-0.15, -0.1) is 0 Å². The molecule has 54 valence electrons. The maximum atomic E-state index is 2.22. The lowest BCUT2D eigenvalue weighted by atomic mass is 10.1. The first-order valence-electron chi connectivity index (χ1n) is 3.36. The van der Waals surface area contributed by atoms with E-state index < -0.39 is 0 Å². The van der Waals surface area contributed by atoms with E-state index in [-0.39, 0.29) is 0 Å². The highest BCUT2D eigenvalue weighted by atomic mass is 32.2. The van der Waals surface area contributed by atoms with Gasteiger partial charge in [0.1, 0.15) is 0 Å². The maximum absolute atomic E-state index is 2.22. The zero-order chi connectivity index (χ0) is 7.28. The fourth-order valence-electron chi connectivity index (χ4n) is 0.641. The summed E-state index contributed by atoms with van der Waals surface area (Å²) in [5.41, 5.74) is 3.09. The first-order chi connectivity index (χ1) is 4.22. The van der Waals surface area contributed by atoms with Gasteiger partial charge < -0.3 is 0 Å². The fraction of sp³-hybridized carbons (Fsp3) is 0.750. The predicted octanol–water partition coefficient (Wildman–Crippen LogP) is 3.10. The molecule has 9 heavy (non-hydrogen) atoms. The highest BCUT2D eigenvalue weighted by Gasteiger charge is 1.91. The van der Waals surface area contributed by atoms with Crippen LogP contribution in [0.3, 0.4) is 0 Å². The number of hydrogen-bond donors (Lipinski definition) is 0.